The fourth-order valence-electron chi connectivity index (χ4n) is 3.27. The summed E-state index contributed by atoms with van der Waals surface area (Å²) in [5, 5.41) is 20.1. The molecule has 1 saturated carbocycles. The van der Waals surface area contributed by atoms with Crippen LogP contribution >= 0.6 is 11.3 Å². The number of hydrogen-bond acceptors (Lipinski definition) is 5. The standard InChI is InChI=1S/C16H20N2OS.C4H4O4/c17-11-15(19)18-16(8-4-1-5-9-16)14-10-12-6-2-3-7-13(12)20-14;5-3(6)1-2-4(7)8/h2-3,6-7,10H,1,4-5,8-9,11,17H2,(H,18,19);1-2H,(H,5,6)(H,7,8)/b;2-1+. The maximum Gasteiger partial charge on any atom is 0.328 e. The third-order valence-electron chi connectivity index (χ3n) is 4.54. The van der Waals surface area contributed by atoms with Crippen LogP contribution in [0.3, 0.4) is 0 Å². The Morgan fingerprint density at radius 1 is 1.07 bits per heavy atom. The predicted octanol–water partition coefficient (Wildman–Crippen LogP) is 2.85. The van der Waals surface area contributed by atoms with Gasteiger partial charge in [-0.1, -0.05) is 37.5 Å². The average molecular weight is 404 g/mol. The SMILES string of the molecule is NCC(=O)NC1(c2cc3ccccc3s2)CCCCC1.O=C(O)/C=C/C(=O)O. The van der Waals surface area contributed by atoms with Crippen LogP contribution in [0.25, 0.3) is 10.1 Å². The Morgan fingerprint density at radius 3 is 2.21 bits per heavy atom. The smallest absolute Gasteiger partial charge is 0.328 e. The molecule has 1 heterocycles. The molecule has 0 atom stereocenters. The molecule has 1 aliphatic rings. The number of aliphatic carboxylic acids is 2. The van der Waals surface area contributed by atoms with Crippen molar-refractivity contribution in [1.82, 2.24) is 5.32 Å². The number of carbonyl (C=O) groups excluding carboxylic acids is 1. The third-order valence-corrected chi connectivity index (χ3v) is 5.86. The van der Waals surface area contributed by atoms with E-state index in [1.54, 1.807) is 11.3 Å². The highest BCUT2D eigenvalue weighted by Gasteiger charge is 2.36. The Morgan fingerprint density at radius 2 is 1.68 bits per heavy atom. The summed E-state index contributed by atoms with van der Waals surface area (Å²) in [6, 6.07) is 10.6. The zero-order valence-electron chi connectivity index (χ0n) is 15.4. The summed E-state index contributed by atoms with van der Waals surface area (Å²) in [5.41, 5.74) is 5.30. The van der Waals surface area contributed by atoms with E-state index < -0.39 is 11.9 Å². The topological polar surface area (TPSA) is 130 Å². The number of thiophene rings is 1. The van der Waals surface area contributed by atoms with Gasteiger partial charge in [0.25, 0.3) is 0 Å². The molecule has 0 radical (unpaired) electrons. The normalized spacial score (nSPS) is 15.6. The van der Waals surface area contributed by atoms with E-state index in [2.05, 4.69) is 35.6 Å². The van der Waals surface area contributed by atoms with Crippen LogP contribution in [0.1, 0.15) is 37.0 Å². The van der Waals surface area contributed by atoms with Crippen LogP contribution in [-0.2, 0) is 19.9 Å². The van der Waals surface area contributed by atoms with Gasteiger partial charge in [-0.25, -0.2) is 9.59 Å². The van der Waals surface area contributed by atoms with E-state index in [-0.39, 0.29) is 18.0 Å². The molecule has 0 spiro atoms. The molecule has 5 N–H and O–H groups in total. The predicted molar refractivity (Wildman–Crippen MR) is 108 cm³/mol. The summed E-state index contributed by atoms with van der Waals surface area (Å²) in [7, 11) is 0. The van der Waals surface area contributed by atoms with Crippen LogP contribution in [0, 0.1) is 0 Å². The molecule has 7 nitrogen and oxygen atoms in total. The summed E-state index contributed by atoms with van der Waals surface area (Å²) in [6.07, 6.45) is 6.74. The van der Waals surface area contributed by atoms with Crippen LogP contribution in [0.2, 0.25) is 0 Å². The molecule has 150 valence electrons. The second-order valence-electron chi connectivity index (χ2n) is 6.55. The van der Waals surface area contributed by atoms with Crippen molar-refractivity contribution in [2.24, 2.45) is 5.73 Å². The lowest BCUT2D eigenvalue weighted by molar-refractivity contribution is -0.134. The number of amides is 1. The van der Waals surface area contributed by atoms with Gasteiger partial charge in [-0.15, -0.1) is 11.3 Å². The second-order valence-corrected chi connectivity index (χ2v) is 7.64. The first kappa shape index (κ1) is 21.6. The maximum atomic E-state index is 11.8. The van der Waals surface area contributed by atoms with E-state index in [0.29, 0.717) is 12.2 Å². The number of benzene rings is 1. The van der Waals surface area contributed by atoms with Crippen LogP contribution in [0.5, 0.6) is 0 Å². The Labute approximate surface area is 166 Å². The van der Waals surface area contributed by atoms with Crippen molar-refractivity contribution in [3.05, 3.63) is 47.4 Å². The van der Waals surface area contributed by atoms with Gasteiger partial charge >= 0.3 is 11.9 Å². The molecule has 1 aliphatic carbocycles. The molecular formula is C20H24N2O5S. The number of hydrogen-bond donors (Lipinski definition) is 4. The first-order valence-corrected chi connectivity index (χ1v) is 9.82. The Bertz CT molecular complexity index is 819. The lowest BCUT2D eigenvalue weighted by Crippen LogP contribution is -2.48. The van der Waals surface area contributed by atoms with Gasteiger partial charge in [0.15, 0.2) is 0 Å². The van der Waals surface area contributed by atoms with Crippen molar-refractivity contribution in [3.63, 3.8) is 0 Å². The van der Waals surface area contributed by atoms with E-state index in [1.165, 1.54) is 34.2 Å². The summed E-state index contributed by atoms with van der Waals surface area (Å²) >= 11 is 1.80. The lowest BCUT2D eigenvalue weighted by atomic mass is 9.80. The number of carbonyl (C=O) groups is 3. The van der Waals surface area contributed by atoms with Crippen molar-refractivity contribution >= 4 is 39.3 Å². The third kappa shape index (κ3) is 5.90. The Hall–Kier alpha value is -2.71. The molecule has 0 aliphatic heterocycles. The van der Waals surface area contributed by atoms with Gasteiger partial charge in [-0.05, 0) is 30.4 Å². The lowest BCUT2D eigenvalue weighted by Gasteiger charge is -2.37. The number of fused-ring (bicyclic) bond motifs is 1. The molecule has 0 unspecified atom stereocenters. The zero-order chi connectivity index (χ0) is 20.6. The summed E-state index contributed by atoms with van der Waals surface area (Å²) in [5.74, 6) is -2.57. The van der Waals surface area contributed by atoms with Crippen LogP contribution in [0.15, 0.2) is 42.5 Å². The van der Waals surface area contributed by atoms with Crippen LogP contribution < -0.4 is 11.1 Å². The highest BCUT2D eigenvalue weighted by atomic mass is 32.1. The number of carboxylic acids is 2. The van der Waals surface area contributed by atoms with E-state index in [9.17, 15) is 14.4 Å². The summed E-state index contributed by atoms with van der Waals surface area (Å²) < 4.78 is 1.29. The van der Waals surface area contributed by atoms with Crippen molar-refractivity contribution in [2.45, 2.75) is 37.6 Å². The Kier molecular flexibility index (Phi) is 7.71. The van der Waals surface area contributed by atoms with Gasteiger partial charge in [0.2, 0.25) is 5.91 Å². The van der Waals surface area contributed by atoms with E-state index in [1.807, 2.05) is 0 Å². The van der Waals surface area contributed by atoms with Crippen molar-refractivity contribution in [2.75, 3.05) is 6.54 Å². The van der Waals surface area contributed by atoms with Gasteiger partial charge in [0, 0.05) is 21.7 Å². The van der Waals surface area contributed by atoms with Gasteiger partial charge in [0.05, 0.1) is 12.1 Å². The molecule has 1 amide bonds. The fourth-order valence-corrected chi connectivity index (χ4v) is 4.53. The van der Waals surface area contributed by atoms with E-state index in [4.69, 9.17) is 15.9 Å². The Balaban J connectivity index is 0.000000300. The highest BCUT2D eigenvalue weighted by molar-refractivity contribution is 7.19. The van der Waals surface area contributed by atoms with Crippen molar-refractivity contribution in [1.29, 1.82) is 0 Å². The number of carboxylic acid groups (broad SMARTS) is 2. The minimum Gasteiger partial charge on any atom is -0.478 e. The van der Waals surface area contributed by atoms with Crippen molar-refractivity contribution in [3.8, 4) is 0 Å². The van der Waals surface area contributed by atoms with Gasteiger partial charge in [0.1, 0.15) is 0 Å². The molecule has 1 fully saturated rings. The minimum atomic E-state index is -1.26. The molecule has 3 rings (SSSR count). The molecule has 1 aromatic carbocycles. The molecule has 0 bridgehead atoms. The van der Waals surface area contributed by atoms with Gasteiger partial charge < -0.3 is 21.3 Å². The molecule has 1 aromatic heterocycles. The monoisotopic (exact) mass is 404 g/mol. The highest BCUT2D eigenvalue weighted by Crippen LogP contribution is 2.42. The number of rotatable bonds is 5. The molecule has 0 saturated heterocycles. The van der Waals surface area contributed by atoms with E-state index in [0.717, 1.165) is 12.8 Å². The number of nitrogens with two attached hydrogens (primary N) is 1. The zero-order valence-corrected chi connectivity index (χ0v) is 16.2. The molecule has 2 aromatic rings. The minimum absolute atomic E-state index is 0.0515. The summed E-state index contributed by atoms with van der Waals surface area (Å²) in [6.45, 7) is 0.0621. The summed E-state index contributed by atoms with van der Waals surface area (Å²) in [4.78, 5) is 32.2. The van der Waals surface area contributed by atoms with Crippen LogP contribution in [0.4, 0.5) is 0 Å². The number of nitrogens with one attached hydrogen (secondary N) is 1. The fraction of sp³-hybridized carbons (Fsp3) is 0.350. The average Bonchev–Trinajstić information content (AvgIpc) is 3.12. The van der Waals surface area contributed by atoms with Gasteiger partial charge in [-0.2, -0.15) is 0 Å². The molecule has 28 heavy (non-hydrogen) atoms. The maximum absolute atomic E-state index is 11.8. The quantitative estimate of drug-likeness (QED) is 0.567. The second kappa shape index (κ2) is 10.0. The van der Waals surface area contributed by atoms with Crippen molar-refractivity contribution < 1.29 is 24.6 Å². The first-order chi connectivity index (χ1) is 13.4. The first-order valence-electron chi connectivity index (χ1n) is 9.00. The largest absolute Gasteiger partial charge is 0.478 e. The molecular weight excluding hydrogens is 380 g/mol. The molecule has 8 heteroatoms. The van der Waals surface area contributed by atoms with E-state index >= 15 is 0 Å². The van der Waals surface area contributed by atoms with Crippen LogP contribution in [-0.4, -0.2) is 34.6 Å². The van der Waals surface area contributed by atoms with Gasteiger partial charge in [-0.3, -0.25) is 4.79 Å².